The molecule has 0 unspecified atom stereocenters. The zero-order chi connectivity index (χ0) is 15.8. The second-order valence-electron chi connectivity index (χ2n) is 4.66. The maximum atomic E-state index is 12.6. The highest BCUT2D eigenvalue weighted by Crippen LogP contribution is 2.25. The Morgan fingerprint density at radius 2 is 1.81 bits per heavy atom. The second-order valence-corrected chi connectivity index (χ2v) is 5.90. The maximum absolute atomic E-state index is 12.6. The number of alkyl halides is 3. The molecule has 1 heterocycles. The molecular formula is C14H12F3IN2O. The number of aromatic nitrogens is 2. The van der Waals surface area contributed by atoms with E-state index in [1.54, 1.807) is 0 Å². The van der Waals surface area contributed by atoms with Crippen LogP contribution in [0.1, 0.15) is 27.3 Å². The number of hydrogen-bond acceptors (Lipinski definition) is 2. The first kappa shape index (κ1) is 16.0. The molecule has 1 aromatic carbocycles. The first-order chi connectivity index (χ1) is 9.70. The first-order valence-electron chi connectivity index (χ1n) is 6.10. The van der Waals surface area contributed by atoms with E-state index < -0.39 is 12.0 Å². The molecule has 0 atom stereocenters. The standard InChI is InChI=1S/C14H12F3IN2O/c1-8-12(13(21)14(15,16)17)9(2)20(19-8)7-10-3-5-11(18)6-4-10/h3-6H,7H2,1-2H3. The van der Waals surface area contributed by atoms with E-state index in [0.29, 0.717) is 6.54 Å². The number of rotatable bonds is 3. The van der Waals surface area contributed by atoms with Gasteiger partial charge in [-0.3, -0.25) is 9.48 Å². The topological polar surface area (TPSA) is 34.9 Å². The van der Waals surface area contributed by atoms with E-state index in [4.69, 9.17) is 0 Å². The predicted molar refractivity (Wildman–Crippen MR) is 80.3 cm³/mol. The van der Waals surface area contributed by atoms with Crippen molar-refractivity contribution in [3.63, 3.8) is 0 Å². The number of aryl methyl sites for hydroxylation is 1. The van der Waals surface area contributed by atoms with Crippen LogP contribution in [0.3, 0.4) is 0 Å². The highest BCUT2D eigenvalue weighted by Gasteiger charge is 2.42. The molecule has 0 saturated heterocycles. The van der Waals surface area contributed by atoms with Crippen LogP contribution >= 0.6 is 22.6 Å². The first-order valence-corrected chi connectivity index (χ1v) is 7.18. The van der Waals surface area contributed by atoms with Gasteiger partial charge in [-0.1, -0.05) is 12.1 Å². The molecular weight excluding hydrogens is 396 g/mol. The van der Waals surface area contributed by atoms with Crippen molar-refractivity contribution in [3.8, 4) is 0 Å². The number of carbonyl (C=O) groups is 1. The molecule has 0 aliphatic rings. The molecule has 0 fully saturated rings. The molecule has 7 heteroatoms. The number of ketones is 1. The van der Waals surface area contributed by atoms with Crippen molar-refractivity contribution < 1.29 is 18.0 Å². The third-order valence-corrected chi connectivity index (χ3v) is 3.83. The Labute approximate surface area is 133 Å². The van der Waals surface area contributed by atoms with Crippen molar-refractivity contribution in [2.75, 3.05) is 0 Å². The van der Waals surface area contributed by atoms with Crippen LogP contribution in [0.15, 0.2) is 24.3 Å². The minimum absolute atomic E-state index is 0.0975. The molecule has 3 nitrogen and oxygen atoms in total. The quantitative estimate of drug-likeness (QED) is 0.571. The molecule has 0 N–H and O–H groups in total. The highest BCUT2D eigenvalue weighted by atomic mass is 127. The third-order valence-electron chi connectivity index (χ3n) is 3.11. The number of hydrogen-bond donors (Lipinski definition) is 0. The van der Waals surface area contributed by atoms with Gasteiger partial charge in [0.05, 0.1) is 17.8 Å². The van der Waals surface area contributed by atoms with Crippen LogP contribution in [-0.2, 0) is 6.54 Å². The van der Waals surface area contributed by atoms with E-state index in [1.165, 1.54) is 18.5 Å². The SMILES string of the molecule is Cc1nn(Cc2ccc(I)cc2)c(C)c1C(=O)C(F)(F)F. The van der Waals surface area contributed by atoms with Gasteiger partial charge in [-0.2, -0.15) is 18.3 Å². The summed E-state index contributed by atoms with van der Waals surface area (Å²) in [5, 5.41) is 4.06. The van der Waals surface area contributed by atoms with Crippen LogP contribution in [0.2, 0.25) is 0 Å². The van der Waals surface area contributed by atoms with Gasteiger partial charge in [0, 0.05) is 9.26 Å². The number of halogens is 4. The van der Waals surface area contributed by atoms with Gasteiger partial charge in [-0.25, -0.2) is 0 Å². The van der Waals surface area contributed by atoms with E-state index in [0.717, 1.165) is 9.13 Å². The van der Waals surface area contributed by atoms with Crippen molar-refractivity contribution in [3.05, 3.63) is 50.4 Å². The smallest absolute Gasteiger partial charge is 0.284 e. The average molecular weight is 408 g/mol. The summed E-state index contributed by atoms with van der Waals surface area (Å²) in [6.07, 6.45) is -4.88. The van der Waals surface area contributed by atoms with Crippen LogP contribution < -0.4 is 0 Å². The summed E-state index contributed by atoms with van der Waals surface area (Å²) >= 11 is 2.17. The second kappa shape index (κ2) is 5.78. The molecule has 0 saturated carbocycles. The summed E-state index contributed by atoms with van der Waals surface area (Å²) in [6, 6.07) is 7.57. The van der Waals surface area contributed by atoms with Gasteiger partial charge in [0.15, 0.2) is 0 Å². The van der Waals surface area contributed by atoms with Crippen LogP contribution in [0, 0.1) is 17.4 Å². The number of Topliss-reactive ketones (excluding diaryl/α,β-unsaturated/α-hetero) is 1. The van der Waals surface area contributed by atoms with E-state index in [-0.39, 0.29) is 17.0 Å². The van der Waals surface area contributed by atoms with Gasteiger partial charge in [0.1, 0.15) is 0 Å². The summed E-state index contributed by atoms with van der Waals surface area (Å²) in [5.74, 6) is -1.84. The van der Waals surface area contributed by atoms with Crippen molar-refractivity contribution in [2.24, 2.45) is 0 Å². The highest BCUT2D eigenvalue weighted by molar-refractivity contribution is 14.1. The molecule has 0 aliphatic heterocycles. The lowest BCUT2D eigenvalue weighted by atomic mass is 10.1. The summed E-state index contributed by atoms with van der Waals surface area (Å²) in [7, 11) is 0. The summed E-state index contributed by atoms with van der Waals surface area (Å²) in [4.78, 5) is 11.4. The van der Waals surface area contributed by atoms with Crippen molar-refractivity contribution in [2.45, 2.75) is 26.6 Å². The molecule has 0 bridgehead atoms. The lowest BCUT2D eigenvalue weighted by Gasteiger charge is -2.07. The lowest BCUT2D eigenvalue weighted by Crippen LogP contribution is -2.24. The Hall–Kier alpha value is -1.38. The Morgan fingerprint density at radius 3 is 2.33 bits per heavy atom. The molecule has 0 amide bonds. The van der Waals surface area contributed by atoms with Crippen LogP contribution in [-0.4, -0.2) is 21.7 Å². The van der Waals surface area contributed by atoms with Gasteiger partial charge in [-0.15, -0.1) is 0 Å². The van der Waals surface area contributed by atoms with E-state index in [9.17, 15) is 18.0 Å². The fourth-order valence-electron chi connectivity index (χ4n) is 2.08. The molecule has 0 spiro atoms. The fourth-order valence-corrected chi connectivity index (χ4v) is 2.44. The minimum Gasteiger partial charge on any atom is -0.284 e. The van der Waals surface area contributed by atoms with Crippen LogP contribution in [0.5, 0.6) is 0 Å². The molecule has 21 heavy (non-hydrogen) atoms. The van der Waals surface area contributed by atoms with Gasteiger partial charge in [0.25, 0.3) is 5.78 Å². The third kappa shape index (κ3) is 3.45. The van der Waals surface area contributed by atoms with Gasteiger partial charge in [-0.05, 0) is 54.1 Å². The van der Waals surface area contributed by atoms with Gasteiger partial charge in [0.2, 0.25) is 0 Å². The average Bonchev–Trinajstić information content (AvgIpc) is 2.65. The van der Waals surface area contributed by atoms with E-state index >= 15 is 0 Å². The summed E-state index contributed by atoms with van der Waals surface area (Å²) in [6.45, 7) is 3.22. The predicted octanol–water partition coefficient (Wildman–Crippen LogP) is 3.90. The molecule has 0 radical (unpaired) electrons. The number of nitrogens with zero attached hydrogens (tertiary/aromatic N) is 2. The van der Waals surface area contributed by atoms with Crippen molar-refractivity contribution in [1.82, 2.24) is 9.78 Å². The Kier molecular flexibility index (Phi) is 4.40. The zero-order valence-electron chi connectivity index (χ0n) is 11.3. The Balaban J connectivity index is 2.35. The number of carbonyl (C=O) groups excluding carboxylic acids is 1. The van der Waals surface area contributed by atoms with E-state index in [1.807, 2.05) is 24.3 Å². The van der Waals surface area contributed by atoms with Crippen molar-refractivity contribution in [1.29, 1.82) is 0 Å². The normalized spacial score (nSPS) is 11.7. The fraction of sp³-hybridized carbons (Fsp3) is 0.286. The summed E-state index contributed by atoms with van der Waals surface area (Å²) in [5.41, 5.74) is 0.883. The largest absolute Gasteiger partial charge is 0.455 e. The summed E-state index contributed by atoms with van der Waals surface area (Å²) < 4.78 is 40.3. The minimum atomic E-state index is -4.88. The monoisotopic (exact) mass is 408 g/mol. The molecule has 2 aromatic rings. The lowest BCUT2D eigenvalue weighted by molar-refractivity contribution is -0.0886. The zero-order valence-corrected chi connectivity index (χ0v) is 13.5. The molecule has 2 rings (SSSR count). The van der Waals surface area contributed by atoms with Gasteiger partial charge < -0.3 is 0 Å². The molecule has 112 valence electrons. The van der Waals surface area contributed by atoms with Crippen molar-refractivity contribution >= 4 is 28.4 Å². The van der Waals surface area contributed by atoms with E-state index in [2.05, 4.69) is 27.7 Å². The Bertz CT molecular complexity index is 675. The maximum Gasteiger partial charge on any atom is 0.455 e. The Morgan fingerprint density at radius 1 is 1.24 bits per heavy atom. The van der Waals surface area contributed by atoms with Gasteiger partial charge >= 0.3 is 6.18 Å². The van der Waals surface area contributed by atoms with Crippen LogP contribution in [0.25, 0.3) is 0 Å². The molecule has 1 aromatic heterocycles. The molecule has 0 aliphatic carbocycles. The number of benzene rings is 1. The van der Waals surface area contributed by atoms with Crippen LogP contribution in [0.4, 0.5) is 13.2 Å².